The average molecular weight is 389 g/mol. The van der Waals surface area contributed by atoms with Gasteiger partial charge in [0.2, 0.25) is 0 Å². The Hall–Kier alpha value is -3.07. The van der Waals surface area contributed by atoms with Gasteiger partial charge >= 0.3 is 5.97 Å². The van der Waals surface area contributed by atoms with Crippen LogP contribution in [0, 0.1) is 0 Å². The van der Waals surface area contributed by atoms with Gasteiger partial charge in [0, 0.05) is 11.5 Å². The quantitative estimate of drug-likeness (QED) is 0.473. The van der Waals surface area contributed by atoms with Crippen molar-refractivity contribution in [2.24, 2.45) is 0 Å². The number of carbonyl (C=O) groups is 1. The maximum atomic E-state index is 11.5. The molecule has 0 atom stereocenters. The molecule has 0 aliphatic heterocycles. The van der Waals surface area contributed by atoms with E-state index in [1.54, 1.807) is 12.1 Å². The lowest BCUT2D eigenvalue weighted by Crippen LogP contribution is -2.07. The van der Waals surface area contributed by atoms with E-state index in [2.05, 4.69) is 76.2 Å². The van der Waals surface area contributed by atoms with Gasteiger partial charge in [0.25, 0.3) is 0 Å². The molecule has 0 unspecified atom stereocenters. The van der Waals surface area contributed by atoms with Crippen LogP contribution in [-0.2, 0) is 0 Å². The summed E-state index contributed by atoms with van der Waals surface area (Å²) in [5.74, 6) is -0.704. The Labute approximate surface area is 172 Å². The Morgan fingerprint density at radius 1 is 0.690 bits per heavy atom. The lowest BCUT2D eigenvalue weighted by atomic mass is 9.82. The summed E-state index contributed by atoms with van der Waals surface area (Å²) in [6.07, 6.45) is 0. The molecule has 3 rings (SSSR count). The van der Waals surface area contributed by atoms with Crippen molar-refractivity contribution in [1.29, 1.82) is 0 Å². The van der Waals surface area contributed by atoms with Crippen LogP contribution in [-0.4, -0.2) is 16.2 Å². The molecule has 0 aromatic heterocycles. The third-order valence-electron chi connectivity index (χ3n) is 5.48. The van der Waals surface area contributed by atoms with E-state index in [9.17, 15) is 15.0 Å². The molecule has 0 fully saturated rings. The lowest BCUT2D eigenvalue weighted by molar-refractivity contribution is 0.0693. The molecule has 0 saturated heterocycles. The zero-order chi connectivity index (χ0) is 21.1. The fourth-order valence-electron chi connectivity index (χ4n) is 3.67. The van der Waals surface area contributed by atoms with Crippen LogP contribution >= 0.6 is 0 Å². The second kappa shape index (κ2) is 8.52. The van der Waals surface area contributed by atoms with Crippen LogP contribution in [0.4, 0.5) is 0 Å². The predicted octanol–water partition coefficient (Wildman–Crippen LogP) is 6.52. The van der Waals surface area contributed by atoms with Gasteiger partial charge in [-0.1, -0.05) is 88.4 Å². The monoisotopic (exact) mass is 388 g/mol. The largest absolute Gasteiger partial charge is 0.507 e. The van der Waals surface area contributed by atoms with Crippen LogP contribution < -0.4 is 0 Å². The number of aromatic carboxylic acids is 1. The molecule has 0 spiro atoms. The molecule has 0 saturated carbocycles. The molecule has 0 amide bonds. The summed E-state index contributed by atoms with van der Waals surface area (Å²) in [4.78, 5) is 11.5. The second-order valence-corrected chi connectivity index (χ2v) is 8.12. The summed E-state index contributed by atoms with van der Waals surface area (Å²) in [6, 6.07) is 21.6. The Morgan fingerprint density at radius 3 is 1.48 bits per heavy atom. The van der Waals surface area contributed by atoms with Crippen LogP contribution in [0.2, 0.25) is 0 Å². The van der Waals surface area contributed by atoms with Gasteiger partial charge in [0.1, 0.15) is 11.3 Å². The van der Waals surface area contributed by atoms with Crippen LogP contribution in [0.25, 0.3) is 0 Å². The first-order valence-corrected chi connectivity index (χ1v) is 10.0. The number of carboxylic acids is 1. The summed E-state index contributed by atoms with van der Waals surface area (Å²) >= 11 is 0. The number of para-hydroxylation sites is 1. The van der Waals surface area contributed by atoms with Crippen molar-refractivity contribution < 1.29 is 15.0 Å². The van der Waals surface area contributed by atoms with Gasteiger partial charge in [0.05, 0.1) is 0 Å². The number of carboxylic acid groups (broad SMARTS) is 1. The number of hydrogen-bond donors (Lipinski definition) is 2. The van der Waals surface area contributed by atoms with Gasteiger partial charge in [0.15, 0.2) is 0 Å². The van der Waals surface area contributed by atoms with Gasteiger partial charge in [-0.05, 0) is 40.2 Å². The average Bonchev–Trinajstić information content (AvgIpc) is 2.70. The topological polar surface area (TPSA) is 57.5 Å². The van der Waals surface area contributed by atoms with Crippen molar-refractivity contribution in [2.45, 2.75) is 45.4 Å². The number of benzene rings is 3. The molecule has 0 aliphatic rings. The lowest BCUT2D eigenvalue weighted by Gasteiger charge is -2.22. The number of phenols is 1. The van der Waals surface area contributed by atoms with Gasteiger partial charge in [-0.3, -0.25) is 0 Å². The summed E-state index contributed by atoms with van der Waals surface area (Å²) in [7, 11) is 0. The molecule has 3 nitrogen and oxygen atoms in total. The van der Waals surface area contributed by atoms with E-state index in [4.69, 9.17) is 0 Å². The first-order valence-electron chi connectivity index (χ1n) is 10.0. The van der Waals surface area contributed by atoms with E-state index >= 15 is 0 Å². The van der Waals surface area contributed by atoms with Gasteiger partial charge in [-0.15, -0.1) is 0 Å². The summed E-state index contributed by atoms with van der Waals surface area (Å²) < 4.78 is 0. The molecule has 0 aliphatic carbocycles. The number of aromatic hydroxyl groups is 1. The number of hydrogen-bond acceptors (Lipinski definition) is 2. The Morgan fingerprint density at radius 2 is 1.10 bits per heavy atom. The van der Waals surface area contributed by atoms with Crippen molar-refractivity contribution in [3.05, 3.63) is 100 Å². The summed E-state index contributed by atoms with van der Waals surface area (Å²) in [6.45, 7) is 8.61. The van der Waals surface area contributed by atoms with Gasteiger partial charge in [-0.25, -0.2) is 4.79 Å². The van der Waals surface area contributed by atoms with Gasteiger partial charge in [-0.2, -0.15) is 0 Å². The Bertz CT molecular complexity index is 932. The molecular formula is C26H28O3. The summed E-state index contributed by atoms with van der Waals surface area (Å²) in [5.41, 5.74) is 5.04. The standard InChI is InChI=1S/C26H28O3/c1-16(2)18-8-12-20(13-9-18)24(21-14-10-19(11-15-21)17(3)4)22-6-5-7-23(25(22)27)26(28)29/h5-17,24,27H,1-4H3,(H,28,29). The highest BCUT2D eigenvalue weighted by Gasteiger charge is 2.23. The Balaban J connectivity index is 2.16. The first-order chi connectivity index (χ1) is 13.8. The molecule has 0 heterocycles. The van der Waals surface area contributed by atoms with E-state index in [0.717, 1.165) is 11.1 Å². The van der Waals surface area contributed by atoms with Crippen LogP contribution in [0.3, 0.4) is 0 Å². The molecule has 0 bridgehead atoms. The smallest absolute Gasteiger partial charge is 0.339 e. The van der Waals surface area contributed by atoms with Crippen molar-refractivity contribution in [3.63, 3.8) is 0 Å². The van der Waals surface area contributed by atoms with E-state index < -0.39 is 5.97 Å². The third-order valence-corrected chi connectivity index (χ3v) is 5.48. The zero-order valence-corrected chi connectivity index (χ0v) is 17.4. The second-order valence-electron chi connectivity index (χ2n) is 8.12. The van der Waals surface area contributed by atoms with Crippen molar-refractivity contribution in [2.75, 3.05) is 0 Å². The highest BCUT2D eigenvalue weighted by molar-refractivity contribution is 5.91. The number of rotatable bonds is 6. The molecular weight excluding hydrogens is 360 g/mol. The van der Waals surface area contributed by atoms with Crippen molar-refractivity contribution in [3.8, 4) is 5.75 Å². The van der Waals surface area contributed by atoms with Crippen molar-refractivity contribution >= 4 is 5.97 Å². The van der Waals surface area contributed by atoms with E-state index in [1.165, 1.54) is 17.2 Å². The van der Waals surface area contributed by atoms with Crippen LogP contribution in [0.5, 0.6) is 5.75 Å². The van der Waals surface area contributed by atoms with Crippen LogP contribution in [0.15, 0.2) is 66.7 Å². The normalized spacial score (nSPS) is 11.4. The maximum Gasteiger partial charge on any atom is 0.339 e. The first kappa shape index (κ1) is 20.7. The minimum atomic E-state index is -1.13. The Kier molecular flexibility index (Phi) is 6.07. The molecule has 3 heteroatoms. The highest BCUT2D eigenvalue weighted by Crippen LogP contribution is 2.39. The minimum absolute atomic E-state index is 0.0786. The molecule has 29 heavy (non-hydrogen) atoms. The maximum absolute atomic E-state index is 11.5. The molecule has 3 aromatic carbocycles. The molecule has 0 radical (unpaired) electrons. The van der Waals surface area contributed by atoms with Gasteiger partial charge < -0.3 is 10.2 Å². The molecule has 150 valence electrons. The van der Waals surface area contributed by atoms with E-state index in [0.29, 0.717) is 17.4 Å². The van der Waals surface area contributed by atoms with Crippen molar-refractivity contribution in [1.82, 2.24) is 0 Å². The zero-order valence-electron chi connectivity index (χ0n) is 17.4. The predicted molar refractivity (Wildman–Crippen MR) is 117 cm³/mol. The minimum Gasteiger partial charge on any atom is -0.507 e. The third kappa shape index (κ3) is 4.34. The van der Waals surface area contributed by atoms with Crippen LogP contribution in [0.1, 0.15) is 83.6 Å². The fraction of sp³-hybridized carbons (Fsp3) is 0.269. The highest BCUT2D eigenvalue weighted by atomic mass is 16.4. The SMILES string of the molecule is CC(C)c1ccc(C(c2ccc(C(C)C)cc2)c2cccc(C(=O)O)c2O)cc1. The fourth-order valence-corrected chi connectivity index (χ4v) is 3.67. The molecule has 2 N–H and O–H groups in total. The molecule has 3 aromatic rings. The summed E-state index contributed by atoms with van der Waals surface area (Å²) in [5, 5.41) is 20.2. The van der Waals surface area contributed by atoms with E-state index in [-0.39, 0.29) is 17.2 Å². The van der Waals surface area contributed by atoms with E-state index in [1.807, 2.05) is 0 Å².